The van der Waals surface area contributed by atoms with Crippen LogP contribution >= 0.6 is 0 Å². The third-order valence-corrected chi connectivity index (χ3v) is 5.05. The summed E-state index contributed by atoms with van der Waals surface area (Å²) in [5.74, 6) is 0.285. The van der Waals surface area contributed by atoms with E-state index >= 15 is 0 Å². The van der Waals surface area contributed by atoms with Crippen molar-refractivity contribution in [2.45, 2.75) is 11.8 Å². The van der Waals surface area contributed by atoms with Gasteiger partial charge in [-0.2, -0.15) is 0 Å². The average Bonchev–Trinajstić information content (AvgIpc) is 2.58. The van der Waals surface area contributed by atoms with Crippen molar-refractivity contribution in [2.75, 3.05) is 10.5 Å². The monoisotopic (exact) mass is 339 g/mol. The lowest BCUT2D eigenvalue weighted by atomic mass is 10.0. The average molecular weight is 339 g/mol. The van der Waals surface area contributed by atoms with E-state index in [1.54, 1.807) is 42.5 Å². The second-order valence-corrected chi connectivity index (χ2v) is 7.10. The van der Waals surface area contributed by atoms with Gasteiger partial charge in [-0.25, -0.2) is 13.4 Å². The molecule has 0 amide bonds. The van der Waals surface area contributed by atoms with Gasteiger partial charge in [-0.15, -0.1) is 0 Å². The molecule has 0 aliphatic carbocycles. The van der Waals surface area contributed by atoms with Crippen molar-refractivity contribution in [3.05, 3.63) is 72.4 Å². The van der Waals surface area contributed by atoms with E-state index in [0.29, 0.717) is 5.69 Å². The smallest absolute Gasteiger partial charge is 0.263 e. The minimum atomic E-state index is -3.66. The zero-order chi connectivity index (χ0) is 17.2. The quantitative estimate of drug-likeness (QED) is 0.713. The normalized spacial score (nSPS) is 11.2. The van der Waals surface area contributed by atoms with E-state index in [1.807, 2.05) is 25.1 Å². The fraction of sp³-hybridized carbons (Fsp3) is 0.0556. The van der Waals surface area contributed by atoms with E-state index in [4.69, 9.17) is 5.73 Å². The Morgan fingerprint density at radius 2 is 1.67 bits per heavy atom. The van der Waals surface area contributed by atoms with E-state index in [9.17, 15) is 8.42 Å². The molecular formula is C18H17N3O2S. The Kier molecular flexibility index (Phi) is 4.22. The molecule has 0 atom stereocenters. The summed E-state index contributed by atoms with van der Waals surface area (Å²) in [4.78, 5) is 4.15. The van der Waals surface area contributed by atoms with Gasteiger partial charge in [0.15, 0.2) is 0 Å². The number of nitrogens with one attached hydrogen (secondary N) is 1. The molecule has 5 nitrogen and oxygen atoms in total. The van der Waals surface area contributed by atoms with Crippen LogP contribution in [0.3, 0.4) is 0 Å². The number of nitrogen functional groups attached to an aromatic ring is 1. The van der Waals surface area contributed by atoms with Crippen molar-refractivity contribution in [2.24, 2.45) is 0 Å². The maximum absolute atomic E-state index is 12.4. The summed E-state index contributed by atoms with van der Waals surface area (Å²) >= 11 is 0. The van der Waals surface area contributed by atoms with Crippen LogP contribution in [0.5, 0.6) is 0 Å². The Hall–Kier alpha value is -2.86. The summed E-state index contributed by atoms with van der Waals surface area (Å²) in [5, 5.41) is 0. The fourth-order valence-corrected chi connectivity index (χ4v) is 3.27. The molecule has 0 saturated carbocycles. The zero-order valence-electron chi connectivity index (χ0n) is 13.1. The first-order valence-electron chi connectivity index (χ1n) is 7.36. The SMILES string of the molecule is Cc1ccc(-c2ccc(S(=O)(=O)Nc3ccccn3)cc2)cc1N. The molecule has 1 heterocycles. The number of aryl methyl sites for hydroxylation is 1. The van der Waals surface area contributed by atoms with Crippen LogP contribution in [0.25, 0.3) is 11.1 Å². The van der Waals surface area contributed by atoms with Crippen LogP contribution in [0.4, 0.5) is 11.5 Å². The number of nitrogens with two attached hydrogens (primary N) is 1. The molecule has 3 aromatic rings. The Balaban J connectivity index is 1.87. The van der Waals surface area contributed by atoms with Gasteiger partial charge in [0.2, 0.25) is 0 Å². The molecule has 0 spiro atoms. The molecule has 3 N–H and O–H groups in total. The predicted octanol–water partition coefficient (Wildman–Crippen LogP) is 3.44. The van der Waals surface area contributed by atoms with E-state index < -0.39 is 10.0 Å². The molecule has 122 valence electrons. The molecule has 6 heteroatoms. The van der Waals surface area contributed by atoms with Crippen molar-refractivity contribution in [3.8, 4) is 11.1 Å². The van der Waals surface area contributed by atoms with Gasteiger partial charge in [0.05, 0.1) is 4.90 Å². The first kappa shape index (κ1) is 16.0. The number of anilines is 2. The van der Waals surface area contributed by atoms with E-state index in [0.717, 1.165) is 16.7 Å². The molecule has 0 unspecified atom stereocenters. The minimum Gasteiger partial charge on any atom is -0.398 e. The van der Waals surface area contributed by atoms with Gasteiger partial charge in [0.1, 0.15) is 5.82 Å². The number of sulfonamides is 1. The van der Waals surface area contributed by atoms with Gasteiger partial charge < -0.3 is 5.73 Å². The van der Waals surface area contributed by atoms with Crippen molar-refractivity contribution in [1.29, 1.82) is 0 Å². The molecular weight excluding hydrogens is 322 g/mol. The molecule has 0 aliphatic heterocycles. The van der Waals surface area contributed by atoms with Gasteiger partial charge in [0.25, 0.3) is 10.0 Å². The lowest BCUT2D eigenvalue weighted by Gasteiger charge is -2.09. The lowest BCUT2D eigenvalue weighted by Crippen LogP contribution is -2.13. The standard InChI is InChI=1S/C18H17N3O2S/c1-13-5-6-15(12-17(13)19)14-7-9-16(10-8-14)24(22,23)21-18-4-2-3-11-20-18/h2-12H,19H2,1H3,(H,20,21). The lowest BCUT2D eigenvalue weighted by molar-refractivity contribution is 0.601. The number of pyridine rings is 1. The highest BCUT2D eigenvalue weighted by Crippen LogP contribution is 2.25. The molecule has 0 fully saturated rings. The summed E-state index contributed by atoms with van der Waals surface area (Å²) in [6, 6.07) is 17.5. The second-order valence-electron chi connectivity index (χ2n) is 5.42. The van der Waals surface area contributed by atoms with Crippen LogP contribution in [0.15, 0.2) is 71.8 Å². The third-order valence-electron chi connectivity index (χ3n) is 3.68. The van der Waals surface area contributed by atoms with Crippen molar-refractivity contribution in [3.63, 3.8) is 0 Å². The van der Waals surface area contributed by atoms with Crippen LogP contribution in [-0.2, 0) is 10.0 Å². The molecule has 1 aromatic heterocycles. The molecule has 0 saturated heterocycles. The van der Waals surface area contributed by atoms with Crippen LogP contribution in [-0.4, -0.2) is 13.4 Å². The molecule has 0 bridgehead atoms. The summed E-state index contributed by atoms with van der Waals surface area (Å²) in [5.41, 5.74) is 9.50. The Morgan fingerprint density at radius 3 is 2.29 bits per heavy atom. The maximum Gasteiger partial charge on any atom is 0.263 e. The highest BCUT2D eigenvalue weighted by molar-refractivity contribution is 7.92. The first-order chi connectivity index (χ1) is 11.5. The molecule has 3 rings (SSSR count). The highest BCUT2D eigenvalue weighted by atomic mass is 32.2. The van der Waals surface area contributed by atoms with Crippen molar-refractivity contribution < 1.29 is 8.42 Å². The number of hydrogen-bond acceptors (Lipinski definition) is 4. The van der Waals surface area contributed by atoms with E-state index in [1.165, 1.54) is 6.20 Å². The molecule has 0 aliphatic rings. The zero-order valence-corrected chi connectivity index (χ0v) is 13.9. The second kappa shape index (κ2) is 6.33. The van der Waals surface area contributed by atoms with Crippen LogP contribution < -0.4 is 10.5 Å². The van der Waals surface area contributed by atoms with Crippen LogP contribution in [0.2, 0.25) is 0 Å². The largest absolute Gasteiger partial charge is 0.398 e. The van der Waals surface area contributed by atoms with Gasteiger partial charge in [-0.3, -0.25) is 4.72 Å². The first-order valence-corrected chi connectivity index (χ1v) is 8.84. The fourth-order valence-electron chi connectivity index (χ4n) is 2.27. The number of aromatic nitrogens is 1. The highest BCUT2D eigenvalue weighted by Gasteiger charge is 2.14. The van der Waals surface area contributed by atoms with Gasteiger partial charge >= 0.3 is 0 Å². The van der Waals surface area contributed by atoms with Gasteiger partial charge in [0, 0.05) is 11.9 Å². The predicted molar refractivity (Wildman–Crippen MR) is 96.1 cm³/mol. The molecule has 0 radical (unpaired) electrons. The topological polar surface area (TPSA) is 85.1 Å². The minimum absolute atomic E-state index is 0.178. The summed E-state index contributed by atoms with van der Waals surface area (Å²) in [6.45, 7) is 1.94. The van der Waals surface area contributed by atoms with Crippen molar-refractivity contribution >= 4 is 21.5 Å². The number of nitrogens with zero attached hydrogens (tertiary/aromatic N) is 1. The number of hydrogen-bond donors (Lipinski definition) is 2. The van der Waals surface area contributed by atoms with E-state index in [-0.39, 0.29) is 10.7 Å². The van der Waals surface area contributed by atoms with Crippen LogP contribution in [0, 0.1) is 6.92 Å². The van der Waals surface area contributed by atoms with Gasteiger partial charge in [-0.1, -0.05) is 30.3 Å². The number of benzene rings is 2. The summed E-state index contributed by atoms with van der Waals surface area (Å²) < 4.78 is 27.2. The maximum atomic E-state index is 12.4. The molecule has 24 heavy (non-hydrogen) atoms. The number of rotatable bonds is 4. The summed E-state index contributed by atoms with van der Waals surface area (Å²) in [7, 11) is -3.66. The van der Waals surface area contributed by atoms with Crippen LogP contribution in [0.1, 0.15) is 5.56 Å². The summed E-state index contributed by atoms with van der Waals surface area (Å²) in [6.07, 6.45) is 1.53. The third kappa shape index (κ3) is 3.38. The Labute approximate surface area is 141 Å². The van der Waals surface area contributed by atoms with Crippen molar-refractivity contribution in [1.82, 2.24) is 4.98 Å². The Morgan fingerprint density at radius 1 is 0.958 bits per heavy atom. The molecule has 2 aromatic carbocycles. The van der Waals surface area contributed by atoms with Gasteiger partial charge in [-0.05, 0) is 53.9 Å². The van der Waals surface area contributed by atoms with E-state index in [2.05, 4.69) is 9.71 Å². The Bertz CT molecular complexity index is 953.